The van der Waals surface area contributed by atoms with E-state index in [2.05, 4.69) is 68.2 Å². The molecule has 2 unspecified atom stereocenters. The molecule has 1 aliphatic rings. The van der Waals surface area contributed by atoms with Crippen LogP contribution in [-0.4, -0.2) is 39.8 Å². The van der Waals surface area contributed by atoms with Crippen molar-refractivity contribution < 1.29 is 0 Å². The van der Waals surface area contributed by atoms with Crippen LogP contribution in [-0.2, 0) is 0 Å². The number of piperazine rings is 1. The standard InChI is InChI=1S/C17H29N3/c1-6-13(2)16-12-20(10-9-18-16)15-8-7-14(3)17(11-15)19(4)5/h7-8,11,13,16,18H,6,9-10,12H2,1-5H3. The summed E-state index contributed by atoms with van der Waals surface area (Å²) < 4.78 is 0. The van der Waals surface area contributed by atoms with Gasteiger partial charge in [0.15, 0.2) is 0 Å². The van der Waals surface area contributed by atoms with E-state index in [0.29, 0.717) is 6.04 Å². The van der Waals surface area contributed by atoms with E-state index >= 15 is 0 Å². The molecule has 2 rings (SSSR count). The van der Waals surface area contributed by atoms with Gasteiger partial charge in [-0.2, -0.15) is 0 Å². The highest BCUT2D eigenvalue weighted by atomic mass is 15.2. The summed E-state index contributed by atoms with van der Waals surface area (Å²) in [7, 11) is 4.23. The molecular formula is C17H29N3. The molecule has 1 aromatic carbocycles. The van der Waals surface area contributed by atoms with E-state index < -0.39 is 0 Å². The molecule has 112 valence electrons. The third kappa shape index (κ3) is 3.26. The Morgan fingerprint density at radius 1 is 1.40 bits per heavy atom. The minimum atomic E-state index is 0.609. The molecular weight excluding hydrogens is 246 g/mol. The van der Waals surface area contributed by atoms with Crippen LogP contribution in [0.2, 0.25) is 0 Å². The van der Waals surface area contributed by atoms with Crippen LogP contribution in [0.5, 0.6) is 0 Å². The number of hydrogen-bond acceptors (Lipinski definition) is 3. The van der Waals surface area contributed by atoms with Gasteiger partial charge in [0.1, 0.15) is 0 Å². The van der Waals surface area contributed by atoms with Crippen molar-refractivity contribution in [3.05, 3.63) is 23.8 Å². The van der Waals surface area contributed by atoms with E-state index in [9.17, 15) is 0 Å². The topological polar surface area (TPSA) is 18.5 Å². The zero-order valence-electron chi connectivity index (χ0n) is 13.6. The number of hydrogen-bond donors (Lipinski definition) is 1. The van der Waals surface area contributed by atoms with Crippen molar-refractivity contribution in [1.29, 1.82) is 0 Å². The third-order valence-electron chi connectivity index (χ3n) is 4.58. The highest BCUT2D eigenvalue weighted by Crippen LogP contribution is 2.26. The number of aryl methyl sites for hydroxylation is 1. The monoisotopic (exact) mass is 275 g/mol. The fraction of sp³-hybridized carbons (Fsp3) is 0.647. The second-order valence-electron chi connectivity index (χ2n) is 6.26. The highest BCUT2D eigenvalue weighted by Gasteiger charge is 2.23. The molecule has 0 radical (unpaired) electrons. The average molecular weight is 275 g/mol. The van der Waals surface area contributed by atoms with Gasteiger partial charge in [-0.25, -0.2) is 0 Å². The summed E-state index contributed by atoms with van der Waals surface area (Å²) in [5.74, 6) is 0.733. The predicted molar refractivity (Wildman–Crippen MR) is 89.0 cm³/mol. The molecule has 2 atom stereocenters. The first-order valence-electron chi connectivity index (χ1n) is 7.79. The summed E-state index contributed by atoms with van der Waals surface area (Å²) in [4.78, 5) is 4.73. The molecule has 0 saturated carbocycles. The number of rotatable bonds is 4. The molecule has 3 heteroatoms. The molecule has 3 nitrogen and oxygen atoms in total. The molecule has 1 aromatic rings. The molecule has 0 aromatic heterocycles. The van der Waals surface area contributed by atoms with Crippen LogP contribution in [0, 0.1) is 12.8 Å². The van der Waals surface area contributed by atoms with Gasteiger partial charge < -0.3 is 15.1 Å². The van der Waals surface area contributed by atoms with E-state index in [1.807, 2.05) is 0 Å². The van der Waals surface area contributed by atoms with E-state index in [-0.39, 0.29) is 0 Å². The normalized spacial score (nSPS) is 20.9. The van der Waals surface area contributed by atoms with Gasteiger partial charge in [0.2, 0.25) is 0 Å². The summed E-state index contributed by atoms with van der Waals surface area (Å²) in [6.07, 6.45) is 1.24. The molecule has 1 N–H and O–H groups in total. The maximum absolute atomic E-state index is 3.67. The van der Waals surface area contributed by atoms with Crippen LogP contribution in [0.1, 0.15) is 25.8 Å². The molecule has 1 fully saturated rings. The lowest BCUT2D eigenvalue weighted by Gasteiger charge is -2.38. The summed E-state index contributed by atoms with van der Waals surface area (Å²) in [5, 5.41) is 3.67. The summed E-state index contributed by atoms with van der Waals surface area (Å²) in [6.45, 7) is 10.1. The maximum atomic E-state index is 3.67. The van der Waals surface area contributed by atoms with Crippen molar-refractivity contribution in [2.45, 2.75) is 33.2 Å². The zero-order chi connectivity index (χ0) is 14.7. The van der Waals surface area contributed by atoms with Crippen molar-refractivity contribution >= 4 is 11.4 Å². The Hall–Kier alpha value is -1.22. The number of nitrogens with zero attached hydrogens (tertiary/aromatic N) is 2. The van der Waals surface area contributed by atoms with Crippen LogP contribution in [0.3, 0.4) is 0 Å². The van der Waals surface area contributed by atoms with Crippen molar-refractivity contribution in [2.24, 2.45) is 5.92 Å². The highest BCUT2D eigenvalue weighted by molar-refractivity contribution is 5.63. The molecule has 1 heterocycles. The lowest BCUT2D eigenvalue weighted by molar-refractivity contribution is 0.342. The van der Waals surface area contributed by atoms with Gasteiger partial charge in [0.05, 0.1) is 0 Å². The SMILES string of the molecule is CCC(C)C1CN(c2ccc(C)c(N(C)C)c2)CCN1. The van der Waals surface area contributed by atoms with Crippen molar-refractivity contribution in [3.63, 3.8) is 0 Å². The lowest BCUT2D eigenvalue weighted by Crippen LogP contribution is -2.53. The molecule has 0 spiro atoms. The fourth-order valence-corrected chi connectivity index (χ4v) is 2.95. The minimum absolute atomic E-state index is 0.609. The molecule has 1 saturated heterocycles. The van der Waals surface area contributed by atoms with Crippen LogP contribution in [0.4, 0.5) is 11.4 Å². The molecule has 20 heavy (non-hydrogen) atoms. The van der Waals surface area contributed by atoms with Crippen LogP contribution < -0.4 is 15.1 Å². The van der Waals surface area contributed by atoms with E-state index in [1.165, 1.54) is 23.4 Å². The molecule has 0 bridgehead atoms. The Morgan fingerprint density at radius 2 is 2.15 bits per heavy atom. The summed E-state index contributed by atoms with van der Waals surface area (Å²) in [5.41, 5.74) is 4.02. The second kappa shape index (κ2) is 6.49. The van der Waals surface area contributed by atoms with Gasteiger partial charge in [-0.3, -0.25) is 0 Å². The van der Waals surface area contributed by atoms with E-state index in [4.69, 9.17) is 0 Å². The second-order valence-corrected chi connectivity index (χ2v) is 6.26. The Kier molecular flexibility index (Phi) is 4.92. The Bertz CT molecular complexity index is 442. The van der Waals surface area contributed by atoms with Crippen LogP contribution in [0.25, 0.3) is 0 Å². The first-order chi connectivity index (χ1) is 9.52. The van der Waals surface area contributed by atoms with Gasteiger partial charge >= 0.3 is 0 Å². The van der Waals surface area contributed by atoms with E-state index in [1.54, 1.807) is 0 Å². The molecule has 1 aliphatic heterocycles. The Labute approximate surface area is 124 Å². The smallest absolute Gasteiger partial charge is 0.0411 e. The summed E-state index contributed by atoms with van der Waals surface area (Å²) >= 11 is 0. The average Bonchev–Trinajstić information content (AvgIpc) is 2.46. The quantitative estimate of drug-likeness (QED) is 0.911. The van der Waals surface area contributed by atoms with Crippen molar-refractivity contribution in [3.8, 4) is 0 Å². The first-order valence-corrected chi connectivity index (χ1v) is 7.79. The van der Waals surface area contributed by atoms with E-state index in [0.717, 1.165) is 25.6 Å². The predicted octanol–water partition coefficient (Wildman–Crippen LogP) is 2.89. The fourth-order valence-electron chi connectivity index (χ4n) is 2.95. The maximum Gasteiger partial charge on any atom is 0.0411 e. The third-order valence-corrected chi connectivity index (χ3v) is 4.58. The lowest BCUT2D eigenvalue weighted by atomic mass is 9.97. The summed E-state index contributed by atoms with van der Waals surface area (Å²) in [6, 6.07) is 7.44. The molecule has 0 amide bonds. The Balaban J connectivity index is 2.16. The largest absolute Gasteiger partial charge is 0.377 e. The van der Waals surface area contributed by atoms with Crippen LogP contribution in [0.15, 0.2) is 18.2 Å². The van der Waals surface area contributed by atoms with Crippen LogP contribution >= 0.6 is 0 Å². The van der Waals surface area contributed by atoms with Crippen molar-refractivity contribution in [2.75, 3.05) is 43.5 Å². The van der Waals surface area contributed by atoms with Gasteiger partial charge in [-0.05, 0) is 30.5 Å². The number of anilines is 2. The number of nitrogens with one attached hydrogen (secondary N) is 1. The molecule has 0 aliphatic carbocycles. The minimum Gasteiger partial charge on any atom is -0.377 e. The number of benzene rings is 1. The Morgan fingerprint density at radius 3 is 2.80 bits per heavy atom. The van der Waals surface area contributed by atoms with Gasteiger partial charge in [0.25, 0.3) is 0 Å². The first kappa shape index (κ1) is 15.2. The zero-order valence-corrected chi connectivity index (χ0v) is 13.6. The van der Waals surface area contributed by atoms with Gasteiger partial charge in [-0.1, -0.05) is 26.3 Å². The van der Waals surface area contributed by atoms with Gasteiger partial charge in [0, 0.05) is 51.1 Å². The van der Waals surface area contributed by atoms with Crippen molar-refractivity contribution in [1.82, 2.24) is 5.32 Å². The van der Waals surface area contributed by atoms with Gasteiger partial charge in [-0.15, -0.1) is 0 Å².